The molecule has 0 radical (unpaired) electrons. The monoisotopic (exact) mass is 365 g/mol. The van der Waals surface area contributed by atoms with Gasteiger partial charge in [0.05, 0.1) is 17.0 Å². The normalized spacial score (nSPS) is 22.0. The Balaban J connectivity index is 1.78. The van der Waals surface area contributed by atoms with Crippen LogP contribution in [0, 0.1) is 6.92 Å². The molecule has 1 fully saturated rings. The number of aliphatic hydroxyl groups is 1. The van der Waals surface area contributed by atoms with Crippen LogP contribution in [-0.4, -0.2) is 47.3 Å². The van der Waals surface area contributed by atoms with Crippen molar-refractivity contribution < 1.29 is 18.0 Å². The molecule has 2 aromatic rings. The summed E-state index contributed by atoms with van der Waals surface area (Å²) in [7, 11) is -3.53. The number of β-amino-alcohol motifs (C(OH)–C–C–N with tert-alkyl or cyclic N) is 1. The molecule has 25 heavy (non-hydrogen) atoms. The lowest BCUT2D eigenvalue weighted by molar-refractivity contribution is 0.150. The Bertz CT molecular complexity index is 830. The van der Waals surface area contributed by atoms with Gasteiger partial charge in [-0.3, -0.25) is 4.90 Å². The van der Waals surface area contributed by atoms with Crippen LogP contribution in [0.5, 0.6) is 0 Å². The van der Waals surface area contributed by atoms with Crippen molar-refractivity contribution >= 4 is 9.84 Å². The van der Waals surface area contributed by atoms with Crippen LogP contribution in [0.25, 0.3) is 0 Å². The molecule has 136 valence electrons. The van der Waals surface area contributed by atoms with E-state index in [1.165, 1.54) is 0 Å². The molecule has 0 aliphatic carbocycles. The van der Waals surface area contributed by atoms with E-state index >= 15 is 0 Å². The Morgan fingerprint density at radius 3 is 2.64 bits per heavy atom. The van der Waals surface area contributed by atoms with Gasteiger partial charge in [0.1, 0.15) is 5.75 Å². The average molecular weight is 365 g/mol. The van der Waals surface area contributed by atoms with E-state index in [0.717, 1.165) is 5.56 Å². The topological polar surface area (TPSA) is 96.5 Å². The molecule has 1 aliphatic heterocycles. The Morgan fingerprint density at radius 1 is 1.32 bits per heavy atom. The number of nitrogens with zero attached hydrogens (tertiary/aromatic N) is 3. The minimum Gasteiger partial charge on any atom is -0.392 e. The molecule has 8 heteroatoms. The van der Waals surface area contributed by atoms with E-state index < -0.39 is 15.9 Å². The molecule has 1 saturated heterocycles. The number of sulfone groups is 1. The van der Waals surface area contributed by atoms with Gasteiger partial charge < -0.3 is 9.63 Å². The predicted molar refractivity (Wildman–Crippen MR) is 91.6 cm³/mol. The summed E-state index contributed by atoms with van der Waals surface area (Å²) in [5.41, 5.74) is 0.995. The third-order valence-corrected chi connectivity index (χ3v) is 6.08. The van der Waals surface area contributed by atoms with Crippen LogP contribution in [0.15, 0.2) is 33.7 Å². The van der Waals surface area contributed by atoms with Crippen molar-refractivity contribution in [3.8, 4) is 0 Å². The third-order valence-electron chi connectivity index (χ3n) is 4.45. The molecule has 2 heterocycles. The third kappa shape index (κ3) is 3.91. The van der Waals surface area contributed by atoms with Crippen molar-refractivity contribution in [2.45, 2.75) is 56.0 Å². The molecule has 1 aromatic heterocycles. The van der Waals surface area contributed by atoms with Gasteiger partial charge in [0.25, 0.3) is 0 Å². The van der Waals surface area contributed by atoms with E-state index in [4.69, 9.17) is 4.52 Å². The van der Waals surface area contributed by atoms with Crippen LogP contribution in [0.3, 0.4) is 0 Å². The first-order chi connectivity index (χ1) is 11.8. The number of hydrogen-bond acceptors (Lipinski definition) is 7. The lowest BCUT2D eigenvalue weighted by atomic mass is 10.2. The minimum absolute atomic E-state index is 0.140. The molecule has 0 unspecified atom stereocenters. The fourth-order valence-corrected chi connectivity index (χ4v) is 4.29. The van der Waals surface area contributed by atoms with Crippen LogP contribution in [0.4, 0.5) is 0 Å². The summed E-state index contributed by atoms with van der Waals surface area (Å²) in [6.45, 7) is 6.51. The maximum Gasteiger partial charge on any atom is 0.244 e. The maximum atomic E-state index is 12.5. The molecule has 0 spiro atoms. The highest BCUT2D eigenvalue weighted by Crippen LogP contribution is 2.33. The predicted octanol–water partition coefficient (Wildman–Crippen LogP) is 1.87. The van der Waals surface area contributed by atoms with Gasteiger partial charge in [0.15, 0.2) is 15.7 Å². The van der Waals surface area contributed by atoms with Crippen molar-refractivity contribution in [3.05, 3.63) is 41.5 Å². The first-order valence-corrected chi connectivity index (χ1v) is 9.97. The number of rotatable bonds is 5. The van der Waals surface area contributed by atoms with E-state index in [2.05, 4.69) is 15.0 Å². The largest absolute Gasteiger partial charge is 0.392 e. The van der Waals surface area contributed by atoms with Gasteiger partial charge in [-0.25, -0.2) is 8.42 Å². The quantitative estimate of drug-likeness (QED) is 0.864. The summed E-state index contributed by atoms with van der Waals surface area (Å²) in [5, 5.41) is 13.8. The number of aryl methyl sites for hydroxylation is 1. The number of likely N-dealkylation sites (tertiary alicyclic amines) is 1. The first-order valence-electron chi connectivity index (χ1n) is 8.32. The molecular weight excluding hydrogens is 342 g/mol. The molecular formula is C17H23N3O4S. The molecule has 2 atom stereocenters. The standard InChI is InChI=1S/C17H23N3O4S/c1-11(2)20-9-13(21)8-15(20)17-18-16(19-24-17)10-25(22,23)14-6-4-12(3)5-7-14/h4-7,11,13,15,21H,8-10H2,1-3H3/t13-,15+/m1/s1. The van der Waals surface area contributed by atoms with Crippen LogP contribution >= 0.6 is 0 Å². The van der Waals surface area contributed by atoms with Gasteiger partial charge >= 0.3 is 0 Å². The van der Waals surface area contributed by atoms with Crippen molar-refractivity contribution in [1.82, 2.24) is 15.0 Å². The Hall–Kier alpha value is -1.77. The van der Waals surface area contributed by atoms with E-state index in [1.807, 2.05) is 20.8 Å². The van der Waals surface area contributed by atoms with Gasteiger partial charge in [0.2, 0.25) is 5.89 Å². The zero-order valence-corrected chi connectivity index (χ0v) is 15.4. The highest BCUT2D eigenvalue weighted by molar-refractivity contribution is 7.90. The molecule has 0 bridgehead atoms. The van der Waals surface area contributed by atoms with Crippen molar-refractivity contribution in [2.75, 3.05) is 6.54 Å². The number of aliphatic hydroxyl groups excluding tert-OH is 1. The van der Waals surface area contributed by atoms with Crippen molar-refractivity contribution in [1.29, 1.82) is 0 Å². The summed E-state index contributed by atoms with van der Waals surface area (Å²) >= 11 is 0. The highest BCUT2D eigenvalue weighted by atomic mass is 32.2. The van der Waals surface area contributed by atoms with Gasteiger partial charge in [0, 0.05) is 12.6 Å². The summed E-state index contributed by atoms with van der Waals surface area (Å²) in [6.07, 6.45) is 0.0592. The maximum absolute atomic E-state index is 12.5. The van der Waals surface area contributed by atoms with Gasteiger partial charge in [-0.2, -0.15) is 4.98 Å². The fraction of sp³-hybridized carbons (Fsp3) is 0.529. The fourth-order valence-electron chi connectivity index (χ4n) is 3.11. The van der Waals surface area contributed by atoms with Gasteiger partial charge in [-0.05, 0) is 39.3 Å². The summed E-state index contributed by atoms with van der Waals surface area (Å²) in [6, 6.07) is 6.72. The van der Waals surface area contributed by atoms with E-state index in [1.54, 1.807) is 24.3 Å². The molecule has 0 saturated carbocycles. The molecule has 7 nitrogen and oxygen atoms in total. The number of aromatic nitrogens is 2. The van der Waals surface area contributed by atoms with Crippen LogP contribution < -0.4 is 0 Å². The molecule has 0 amide bonds. The molecule has 1 aliphatic rings. The zero-order valence-electron chi connectivity index (χ0n) is 14.6. The summed E-state index contributed by atoms with van der Waals surface area (Å²) in [4.78, 5) is 6.60. The SMILES string of the molecule is Cc1ccc(S(=O)(=O)Cc2noc([C@@H]3C[C@@H](O)CN3C(C)C)n2)cc1. The molecule has 1 aromatic carbocycles. The molecule has 1 N–H and O–H groups in total. The second-order valence-corrected chi connectivity index (χ2v) is 8.81. The lowest BCUT2D eigenvalue weighted by Gasteiger charge is -2.25. The number of hydrogen-bond donors (Lipinski definition) is 1. The van der Waals surface area contributed by atoms with Gasteiger partial charge in [-0.1, -0.05) is 22.9 Å². The molecule has 3 rings (SSSR count). The van der Waals surface area contributed by atoms with Crippen LogP contribution in [0.2, 0.25) is 0 Å². The highest BCUT2D eigenvalue weighted by Gasteiger charge is 2.37. The van der Waals surface area contributed by atoms with E-state index in [-0.39, 0.29) is 28.6 Å². The van der Waals surface area contributed by atoms with Crippen molar-refractivity contribution in [2.24, 2.45) is 0 Å². The minimum atomic E-state index is -3.53. The van der Waals surface area contributed by atoms with Crippen LogP contribution in [-0.2, 0) is 15.6 Å². The average Bonchev–Trinajstić information content (AvgIpc) is 3.13. The van der Waals surface area contributed by atoms with Crippen molar-refractivity contribution in [3.63, 3.8) is 0 Å². The Morgan fingerprint density at radius 2 is 2.00 bits per heavy atom. The van der Waals surface area contributed by atoms with Crippen LogP contribution in [0.1, 0.15) is 43.6 Å². The lowest BCUT2D eigenvalue weighted by Crippen LogP contribution is -2.31. The van der Waals surface area contributed by atoms with E-state index in [9.17, 15) is 13.5 Å². The van der Waals surface area contributed by atoms with Gasteiger partial charge in [-0.15, -0.1) is 0 Å². The van der Waals surface area contributed by atoms with E-state index in [0.29, 0.717) is 18.9 Å². The first kappa shape index (κ1) is 18.0. The zero-order chi connectivity index (χ0) is 18.2. The Kier molecular flexibility index (Phi) is 4.95. The second kappa shape index (κ2) is 6.86. The smallest absolute Gasteiger partial charge is 0.244 e. The second-order valence-electron chi connectivity index (χ2n) is 6.82. The summed E-state index contributed by atoms with van der Waals surface area (Å²) in [5.74, 6) is 0.191. The Labute approximate surface area is 147 Å². The summed E-state index contributed by atoms with van der Waals surface area (Å²) < 4.78 is 30.3. The number of benzene rings is 1.